The number of hydrogen-bond acceptors (Lipinski definition) is 3. The van der Waals surface area contributed by atoms with Crippen LogP contribution in [-0.2, 0) is 0 Å². The van der Waals surface area contributed by atoms with E-state index in [0.717, 1.165) is 11.8 Å². The molecule has 2 aromatic carbocycles. The number of aromatic nitrogens is 3. The van der Waals surface area contributed by atoms with Crippen molar-refractivity contribution in [3.05, 3.63) is 71.1 Å². The molecule has 0 radical (unpaired) electrons. The fraction of sp³-hybridized carbons (Fsp3) is 0. The lowest BCUT2D eigenvalue weighted by molar-refractivity contribution is 0.102. The van der Waals surface area contributed by atoms with E-state index in [-0.39, 0.29) is 16.4 Å². The van der Waals surface area contributed by atoms with Crippen molar-refractivity contribution in [2.24, 2.45) is 0 Å². The van der Waals surface area contributed by atoms with Crippen LogP contribution < -0.4 is 5.32 Å². The zero-order valence-corrected chi connectivity index (χ0v) is 12.0. The van der Waals surface area contributed by atoms with Crippen LogP contribution in [0.4, 0.5) is 10.2 Å². The number of anilines is 1. The van der Waals surface area contributed by atoms with Crippen LogP contribution in [0.1, 0.15) is 10.4 Å². The first-order valence-corrected chi connectivity index (χ1v) is 6.75. The summed E-state index contributed by atoms with van der Waals surface area (Å²) in [4.78, 5) is 12.0. The predicted molar refractivity (Wildman–Crippen MR) is 80.7 cm³/mol. The molecule has 110 valence electrons. The summed E-state index contributed by atoms with van der Waals surface area (Å²) in [6, 6.07) is 13.1. The van der Waals surface area contributed by atoms with Crippen molar-refractivity contribution in [2.75, 3.05) is 5.32 Å². The molecular formula is C15H10ClFN4O. The zero-order valence-electron chi connectivity index (χ0n) is 11.2. The van der Waals surface area contributed by atoms with Gasteiger partial charge in [0.2, 0.25) is 0 Å². The molecule has 0 aliphatic heterocycles. The van der Waals surface area contributed by atoms with Gasteiger partial charge in [0, 0.05) is 5.02 Å². The van der Waals surface area contributed by atoms with E-state index in [4.69, 9.17) is 11.6 Å². The quantitative estimate of drug-likeness (QED) is 0.806. The number of carbonyl (C=O) groups excluding carboxylic acids is 1. The van der Waals surface area contributed by atoms with Crippen molar-refractivity contribution in [3.63, 3.8) is 0 Å². The van der Waals surface area contributed by atoms with Crippen LogP contribution in [0.3, 0.4) is 0 Å². The Bertz CT molecular complexity index is 819. The van der Waals surface area contributed by atoms with Crippen LogP contribution in [-0.4, -0.2) is 20.9 Å². The predicted octanol–water partition coefficient (Wildman–Crippen LogP) is 3.31. The van der Waals surface area contributed by atoms with Crippen molar-refractivity contribution in [1.82, 2.24) is 15.0 Å². The molecule has 0 aliphatic carbocycles. The molecule has 1 heterocycles. The monoisotopic (exact) mass is 316 g/mol. The smallest absolute Gasteiger partial charge is 0.259 e. The fourth-order valence-corrected chi connectivity index (χ4v) is 2.04. The molecule has 5 nitrogen and oxygen atoms in total. The lowest BCUT2D eigenvalue weighted by Crippen LogP contribution is -2.14. The van der Waals surface area contributed by atoms with Crippen LogP contribution in [0.2, 0.25) is 5.02 Å². The molecule has 0 unspecified atom stereocenters. The molecular weight excluding hydrogens is 307 g/mol. The molecule has 22 heavy (non-hydrogen) atoms. The minimum atomic E-state index is -0.694. The van der Waals surface area contributed by atoms with E-state index in [9.17, 15) is 9.18 Å². The Morgan fingerprint density at radius 1 is 1.18 bits per heavy atom. The number of para-hydroxylation sites is 1. The highest BCUT2D eigenvalue weighted by Crippen LogP contribution is 2.16. The maximum Gasteiger partial charge on any atom is 0.259 e. The summed E-state index contributed by atoms with van der Waals surface area (Å²) in [5, 5.41) is 10.5. The Labute approximate surface area is 130 Å². The third kappa shape index (κ3) is 2.96. The summed E-state index contributed by atoms with van der Waals surface area (Å²) in [7, 11) is 0. The van der Waals surface area contributed by atoms with Crippen molar-refractivity contribution in [2.45, 2.75) is 0 Å². The molecule has 0 saturated carbocycles. The molecule has 0 spiro atoms. The fourth-order valence-electron chi connectivity index (χ4n) is 1.89. The highest BCUT2D eigenvalue weighted by atomic mass is 35.5. The van der Waals surface area contributed by atoms with Gasteiger partial charge < -0.3 is 5.32 Å². The van der Waals surface area contributed by atoms with Crippen molar-refractivity contribution < 1.29 is 9.18 Å². The molecule has 3 rings (SSSR count). The second-order valence-electron chi connectivity index (χ2n) is 4.46. The summed E-state index contributed by atoms with van der Waals surface area (Å²) in [6.45, 7) is 0. The van der Waals surface area contributed by atoms with E-state index in [2.05, 4.69) is 15.6 Å². The summed E-state index contributed by atoms with van der Waals surface area (Å²) >= 11 is 5.66. The van der Waals surface area contributed by atoms with Gasteiger partial charge in [-0.1, -0.05) is 35.0 Å². The van der Waals surface area contributed by atoms with Gasteiger partial charge in [0.1, 0.15) is 5.82 Å². The standard InChI is InChI=1S/C15H10ClFN4O/c16-10-6-7-12(13(17)8-10)15(22)18-14-9-21(20-19-14)11-4-2-1-3-5-11/h1-9H,(H,18,22). The number of rotatable bonds is 3. The number of hydrogen-bond donors (Lipinski definition) is 1. The highest BCUT2D eigenvalue weighted by molar-refractivity contribution is 6.30. The number of nitrogens with one attached hydrogen (secondary N) is 1. The first kappa shape index (κ1) is 14.2. The third-order valence-electron chi connectivity index (χ3n) is 2.93. The van der Waals surface area contributed by atoms with Gasteiger partial charge in [-0.05, 0) is 30.3 Å². The van der Waals surface area contributed by atoms with Gasteiger partial charge in [0.15, 0.2) is 5.82 Å². The largest absolute Gasteiger partial charge is 0.304 e. The normalized spacial score (nSPS) is 10.5. The first-order chi connectivity index (χ1) is 10.6. The average molecular weight is 317 g/mol. The lowest BCUT2D eigenvalue weighted by atomic mass is 10.2. The lowest BCUT2D eigenvalue weighted by Gasteiger charge is -2.03. The highest BCUT2D eigenvalue weighted by Gasteiger charge is 2.14. The maximum atomic E-state index is 13.7. The molecule has 7 heteroatoms. The molecule has 1 N–H and O–H groups in total. The number of benzene rings is 2. The van der Waals surface area contributed by atoms with Crippen LogP contribution >= 0.6 is 11.6 Å². The molecule has 0 atom stereocenters. The van der Waals surface area contributed by atoms with E-state index in [1.54, 1.807) is 6.20 Å². The summed E-state index contributed by atoms with van der Waals surface area (Å²) < 4.78 is 15.2. The molecule has 0 bridgehead atoms. The number of halogens is 2. The Morgan fingerprint density at radius 3 is 2.68 bits per heavy atom. The van der Waals surface area contributed by atoms with Gasteiger partial charge in [0.25, 0.3) is 5.91 Å². The Balaban J connectivity index is 1.79. The van der Waals surface area contributed by atoms with E-state index < -0.39 is 11.7 Å². The van der Waals surface area contributed by atoms with Crippen molar-refractivity contribution in [3.8, 4) is 5.69 Å². The zero-order chi connectivity index (χ0) is 15.5. The number of amides is 1. The van der Waals surface area contributed by atoms with Gasteiger partial charge >= 0.3 is 0 Å². The topological polar surface area (TPSA) is 59.8 Å². The van der Waals surface area contributed by atoms with Gasteiger partial charge in [-0.15, -0.1) is 5.10 Å². The summed E-state index contributed by atoms with van der Waals surface area (Å²) in [6.07, 6.45) is 1.54. The molecule has 0 fully saturated rings. The number of nitrogens with zero attached hydrogens (tertiary/aromatic N) is 3. The number of carbonyl (C=O) groups is 1. The van der Waals surface area contributed by atoms with Gasteiger partial charge in [-0.25, -0.2) is 9.07 Å². The average Bonchev–Trinajstić information content (AvgIpc) is 2.96. The van der Waals surface area contributed by atoms with E-state index in [0.29, 0.717) is 0 Å². The van der Waals surface area contributed by atoms with E-state index in [1.807, 2.05) is 30.3 Å². The van der Waals surface area contributed by atoms with Crippen LogP contribution in [0, 0.1) is 5.82 Å². The molecule has 3 aromatic rings. The molecule has 0 saturated heterocycles. The molecule has 0 aliphatic rings. The van der Waals surface area contributed by atoms with E-state index >= 15 is 0 Å². The first-order valence-electron chi connectivity index (χ1n) is 6.37. The van der Waals surface area contributed by atoms with Crippen LogP contribution in [0.5, 0.6) is 0 Å². The van der Waals surface area contributed by atoms with Crippen LogP contribution in [0.15, 0.2) is 54.7 Å². The van der Waals surface area contributed by atoms with Crippen molar-refractivity contribution >= 4 is 23.3 Å². The van der Waals surface area contributed by atoms with Crippen molar-refractivity contribution in [1.29, 1.82) is 0 Å². The Morgan fingerprint density at radius 2 is 1.95 bits per heavy atom. The maximum absolute atomic E-state index is 13.7. The minimum Gasteiger partial charge on any atom is -0.304 e. The Hall–Kier alpha value is -2.73. The van der Waals surface area contributed by atoms with Gasteiger partial charge in [-0.3, -0.25) is 4.79 Å². The van der Waals surface area contributed by atoms with Gasteiger partial charge in [0.05, 0.1) is 17.4 Å². The Kier molecular flexibility index (Phi) is 3.84. The summed E-state index contributed by atoms with van der Waals surface area (Å²) in [5.74, 6) is -1.09. The molecule has 1 aromatic heterocycles. The third-order valence-corrected chi connectivity index (χ3v) is 3.17. The molecule has 1 amide bonds. The van der Waals surface area contributed by atoms with Gasteiger partial charge in [-0.2, -0.15) is 0 Å². The van der Waals surface area contributed by atoms with E-state index in [1.165, 1.54) is 16.8 Å². The second-order valence-corrected chi connectivity index (χ2v) is 4.90. The SMILES string of the molecule is O=C(Nc1cn(-c2ccccc2)nn1)c1ccc(Cl)cc1F. The second kappa shape index (κ2) is 5.95. The minimum absolute atomic E-state index is 0.112. The van der Waals surface area contributed by atoms with Crippen LogP contribution in [0.25, 0.3) is 5.69 Å². The summed E-state index contributed by atoms with van der Waals surface area (Å²) in [5.41, 5.74) is 0.687.